The Labute approximate surface area is 86.0 Å². The summed E-state index contributed by atoms with van der Waals surface area (Å²) in [6.07, 6.45) is 6.23. The van der Waals surface area contributed by atoms with Crippen LogP contribution in [0.1, 0.15) is 33.6 Å². The van der Waals surface area contributed by atoms with Gasteiger partial charge >= 0.3 is 0 Å². The fraction of sp³-hybridized carbons (Fsp3) is 0.600. The molecule has 0 unspecified atom stereocenters. The van der Waals surface area contributed by atoms with E-state index in [-0.39, 0.29) is 23.6 Å². The Balaban J connectivity index is 0. The lowest BCUT2D eigenvalue weighted by Crippen LogP contribution is -1.80. The van der Waals surface area contributed by atoms with Gasteiger partial charge < -0.3 is 5.11 Å². The maximum Gasteiger partial charge on any atom is 0.0614 e. The van der Waals surface area contributed by atoms with Crippen LogP contribution < -0.4 is 0 Å². The maximum absolute atomic E-state index is 8.55. The van der Waals surface area contributed by atoms with Crippen molar-refractivity contribution in [3.63, 3.8) is 0 Å². The van der Waals surface area contributed by atoms with Crippen LogP contribution in [0, 0.1) is 0 Å². The van der Waals surface area contributed by atoms with E-state index in [1.807, 2.05) is 6.08 Å². The number of halogens is 1. The summed E-state index contributed by atoms with van der Waals surface area (Å²) in [7, 11) is 0. The van der Waals surface area contributed by atoms with E-state index >= 15 is 0 Å². The van der Waals surface area contributed by atoms with Crippen LogP contribution in [0.2, 0.25) is 0 Å². The molecule has 72 valence electrons. The highest BCUT2D eigenvalue weighted by Crippen LogP contribution is 2.05. The van der Waals surface area contributed by atoms with Crippen molar-refractivity contribution >= 4 is 17.0 Å². The number of aliphatic hydroxyl groups excluding tert-OH is 1. The van der Waals surface area contributed by atoms with E-state index in [2.05, 4.69) is 26.8 Å². The Kier molecular flexibility index (Phi) is 10.8. The largest absolute Gasteiger partial charge is 0.392 e. The molecular formula is C10H19BrO. The summed E-state index contributed by atoms with van der Waals surface area (Å²) in [4.78, 5) is 0. The fourth-order valence-corrected chi connectivity index (χ4v) is 0.846. The smallest absolute Gasteiger partial charge is 0.0614 e. The third-order valence-corrected chi connectivity index (χ3v) is 1.53. The minimum absolute atomic E-state index is 0. The number of allylic oxidation sites excluding steroid dienone is 3. The molecule has 0 saturated carbocycles. The molecule has 0 amide bonds. The minimum Gasteiger partial charge on any atom is -0.392 e. The van der Waals surface area contributed by atoms with E-state index < -0.39 is 0 Å². The van der Waals surface area contributed by atoms with E-state index in [0.717, 1.165) is 12.8 Å². The summed E-state index contributed by atoms with van der Waals surface area (Å²) < 4.78 is 0. The zero-order valence-corrected chi connectivity index (χ0v) is 9.84. The standard InChI is InChI=1S/C10H18O.BrH/c1-9(2)5-4-6-10(3)7-8-11;/h5,7,11H,4,6,8H2,1-3H3;1H. The molecule has 1 nitrogen and oxygen atoms in total. The van der Waals surface area contributed by atoms with Crippen LogP contribution in [0.25, 0.3) is 0 Å². The maximum atomic E-state index is 8.55. The van der Waals surface area contributed by atoms with Crippen LogP contribution in [0.3, 0.4) is 0 Å². The van der Waals surface area contributed by atoms with Crippen LogP contribution in [-0.2, 0) is 0 Å². The second-order valence-electron chi connectivity index (χ2n) is 3.05. The predicted octanol–water partition coefficient (Wildman–Crippen LogP) is 3.25. The van der Waals surface area contributed by atoms with Crippen molar-refractivity contribution < 1.29 is 5.11 Å². The highest BCUT2D eigenvalue weighted by atomic mass is 79.9. The normalized spacial score (nSPS) is 10.5. The van der Waals surface area contributed by atoms with E-state index in [9.17, 15) is 0 Å². The number of aliphatic hydroxyl groups is 1. The van der Waals surface area contributed by atoms with E-state index in [0.29, 0.717) is 0 Å². The second-order valence-corrected chi connectivity index (χ2v) is 3.05. The lowest BCUT2D eigenvalue weighted by Gasteiger charge is -1.96. The van der Waals surface area contributed by atoms with Crippen molar-refractivity contribution in [2.75, 3.05) is 6.61 Å². The SMILES string of the molecule is Br.CC(C)=CCCC(C)=CCO. The Morgan fingerprint density at radius 2 is 1.75 bits per heavy atom. The third kappa shape index (κ3) is 9.92. The lowest BCUT2D eigenvalue weighted by molar-refractivity contribution is 0.341. The predicted molar refractivity (Wildman–Crippen MR) is 59.8 cm³/mol. The summed E-state index contributed by atoms with van der Waals surface area (Å²) in [5.74, 6) is 0. The molecule has 0 radical (unpaired) electrons. The Hall–Kier alpha value is -0.0800. The highest BCUT2D eigenvalue weighted by molar-refractivity contribution is 8.93. The van der Waals surface area contributed by atoms with Gasteiger partial charge in [0, 0.05) is 0 Å². The second kappa shape index (κ2) is 9.01. The van der Waals surface area contributed by atoms with E-state index in [4.69, 9.17) is 5.11 Å². The van der Waals surface area contributed by atoms with Gasteiger partial charge in [0.25, 0.3) is 0 Å². The van der Waals surface area contributed by atoms with Gasteiger partial charge in [-0.1, -0.05) is 23.3 Å². The summed E-state index contributed by atoms with van der Waals surface area (Å²) in [5, 5.41) is 8.55. The monoisotopic (exact) mass is 234 g/mol. The topological polar surface area (TPSA) is 20.2 Å². The molecule has 0 atom stereocenters. The molecule has 0 saturated heterocycles. The first-order chi connectivity index (χ1) is 5.16. The molecule has 0 bridgehead atoms. The van der Waals surface area contributed by atoms with Crippen molar-refractivity contribution in [1.82, 2.24) is 0 Å². The summed E-state index contributed by atoms with van der Waals surface area (Å²) in [5.41, 5.74) is 2.63. The molecule has 0 aliphatic heterocycles. The number of rotatable bonds is 4. The van der Waals surface area contributed by atoms with Crippen LogP contribution in [-0.4, -0.2) is 11.7 Å². The Morgan fingerprint density at radius 1 is 1.17 bits per heavy atom. The third-order valence-electron chi connectivity index (χ3n) is 1.53. The zero-order chi connectivity index (χ0) is 8.69. The van der Waals surface area contributed by atoms with Gasteiger partial charge in [0.15, 0.2) is 0 Å². The molecule has 12 heavy (non-hydrogen) atoms. The van der Waals surface area contributed by atoms with Crippen LogP contribution in [0.5, 0.6) is 0 Å². The molecule has 0 aliphatic carbocycles. The molecule has 0 aromatic heterocycles. The van der Waals surface area contributed by atoms with Gasteiger partial charge in [-0.25, -0.2) is 0 Å². The van der Waals surface area contributed by atoms with Gasteiger partial charge in [-0.3, -0.25) is 0 Å². The van der Waals surface area contributed by atoms with Gasteiger partial charge in [0.1, 0.15) is 0 Å². The fourth-order valence-electron chi connectivity index (χ4n) is 0.846. The average Bonchev–Trinajstić information content (AvgIpc) is 1.87. The van der Waals surface area contributed by atoms with Crippen LogP contribution in [0.4, 0.5) is 0 Å². The van der Waals surface area contributed by atoms with Gasteiger partial charge in [0.05, 0.1) is 6.61 Å². The minimum atomic E-state index is 0. The molecular weight excluding hydrogens is 216 g/mol. The quantitative estimate of drug-likeness (QED) is 0.741. The average molecular weight is 235 g/mol. The first kappa shape index (κ1) is 14.4. The molecule has 0 rings (SSSR count). The summed E-state index contributed by atoms with van der Waals surface area (Å²) in [6.45, 7) is 6.42. The van der Waals surface area contributed by atoms with E-state index in [1.54, 1.807) is 0 Å². The molecule has 0 aliphatic rings. The summed E-state index contributed by atoms with van der Waals surface area (Å²) >= 11 is 0. The van der Waals surface area contributed by atoms with Crippen LogP contribution >= 0.6 is 17.0 Å². The molecule has 0 aromatic carbocycles. The van der Waals surface area contributed by atoms with Crippen molar-refractivity contribution in [2.45, 2.75) is 33.6 Å². The van der Waals surface area contributed by atoms with Crippen molar-refractivity contribution in [1.29, 1.82) is 0 Å². The zero-order valence-electron chi connectivity index (χ0n) is 8.13. The highest BCUT2D eigenvalue weighted by Gasteiger charge is 1.86. The van der Waals surface area contributed by atoms with Gasteiger partial charge in [-0.15, -0.1) is 17.0 Å². The molecule has 2 heteroatoms. The Bertz CT molecular complexity index is 155. The lowest BCUT2D eigenvalue weighted by atomic mass is 10.1. The van der Waals surface area contributed by atoms with Gasteiger partial charge in [-0.2, -0.15) is 0 Å². The first-order valence-corrected chi connectivity index (χ1v) is 4.06. The number of hydrogen-bond donors (Lipinski definition) is 1. The number of hydrogen-bond acceptors (Lipinski definition) is 1. The van der Waals surface area contributed by atoms with Gasteiger partial charge in [0.2, 0.25) is 0 Å². The molecule has 1 N–H and O–H groups in total. The molecule has 0 fully saturated rings. The first-order valence-electron chi connectivity index (χ1n) is 4.06. The molecule has 0 spiro atoms. The Morgan fingerprint density at radius 3 is 2.17 bits per heavy atom. The summed E-state index contributed by atoms with van der Waals surface area (Å²) in [6, 6.07) is 0. The molecule has 0 heterocycles. The van der Waals surface area contributed by atoms with E-state index in [1.165, 1.54) is 11.1 Å². The molecule has 0 aromatic rings. The van der Waals surface area contributed by atoms with Gasteiger partial charge in [-0.05, 0) is 33.6 Å². The van der Waals surface area contributed by atoms with Crippen molar-refractivity contribution in [3.8, 4) is 0 Å². The van der Waals surface area contributed by atoms with Crippen molar-refractivity contribution in [3.05, 3.63) is 23.3 Å². The van der Waals surface area contributed by atoms with Crippen molar-refractivity contribution in [2.24, 2.45) is 0 Å². The van der Waals surface area contributed by atoms with Crippen LogP contribution in [0.15, 0.2) is 23.3 Å².